The molecule has 1 saturated heterocycles. The number of carbonyl (C=O) groups excluding carboxylic acids is 2. The van der Waals surface area contributed by atoms with Gasteiger partial charge in [-0.15, -0.1) is 0 Å². The van der Waals surface area contributed by atoms with Gasteiger partial charge in [0.1, 0.15) is 11.5 Å². The summed E-state index contributed by atoms with van der Waals surface area (Å²) in [7, 11) is 1.50. The van der Waals surface area contributed by atoms with Crippen molar-refractivity contribution in [3.8, 4) is 5.75 Å². The van der Waals surface area contributed by atoms with Gasteiger partial charge < -0.3 is 19.7 Å². The molecule has 0 bridgehead atoms. The second-order valence-electron chi connectivity index (χ2n) is 7.48. The van der Waals surface area contributed by atoms with E-state index in [1.807, 2.05) is 31.2 Å². The maximum absolute atomic E-state index is 13.1. The van der Waals surface area contributed by atoms with Crippen LogP contribution in [0.5, 0.6) is 5.75 Å². The number of amides is 1. The molecule has 4 rings (SSSR count). The molecule has 160 valence electrons. The molecular formula is C24H23ClN2O4. The third kappa shape index (κ3) is 3.57. The van der Waals surface area contributed by atoms with Crippen LogP contribution in [0.2, 0.25) is 5.02 Å². The number of halogens is 1. The molecule has 0 saturated carbocycles. The molecule has 3 aromatic rings. The monoisotopic (exact) mass is 438 g/mol. The van der Waals surface area contributed by atoms with E-state index in [9.17, 15) is 14.7 Å². The molecular weight excluding hydrogens is 416 g/mol. The lowest BCUT2D eigenvalue weighted by Crippen LogP contribution is -2.30. The molecule has 1 aliphatic heterocycles. The second kappa shape index (κ2) is 8.47. The van der Waals surface area contributed by atoms with E-state index in [4.69, 9.17) is 16.3 Å². The fourth-order valence-corrected chi connectivity index (χ4v) is 4.31. The number of methoxy groups -OCH3 is 1. The summed E-state index contributed by atoms with van der Waals surface area (Å²) in [4.78, 5) is 30.8. The Kier molecular flexibility index (Phi) is 5.74. The number of rotatable bonds is 6. The van der Waals surface area contributed by atoms with Crippen LogP contribution in [0, 0.1) is 0 Å². The zero-order chi connectivity index (χ0) is 22.1. The highest BCUT2D eigenvalue weighted by atomic mass is 35.5. The highest BCUT2D eigenvalue weighted by molar-refractivity contribution is 6.46. The maximum atomic E-state index is 13.1. The average molecular weight is 439 g/mol. The number of aliphatic hydroxyl groups excluding tert-OH is 1. The zero-order valence-electron chi connectivity index (χ0n) is 17.3. The fourth-order valence-electron chi connectivity index (χ4n) is 4.05. The van der Waals surface area contributed by atoms with E-state index < -0.39 is 17.7 Å². The van der Waals surface area contributed by atoms with Crippen LogP contribution < -0.4 is 4.74 Å². The summed E-state index contributed by atoms with van der Waals surface area (Å²) >= 11 is 6.23. The van der Waals surface area contributed by atoms with Gasteiger partial charge in [-0.3, -0.25) is 9.59 Å². The maximum Gasteiger partial charge on any atom is 0.295 e. The van der Waals surface area contributed by atoms with Crippen molar-refractivity contribution in [1.82, 2.24) is 9.88 Å². The Bertz CT molecular complexity index is 1200. The number of hydrogen-bond donors (Lipinski definition) is 2. The predicted octanol–water partition coefficient (Wildman–Crippen LogP) is 5.05. The molecule has 2 aromatic carbocycles. The van der Waals surface area contributed by atoms with Gasteiger partial charge in [0, 0.05) is 34.8 Å². The van der Waals surface area contributed by atoms with E-state index in [-0.39, 0.29) is 11.3 Å². The minimum atomic E-state index is -0.698. The lowest BCUT2D eigenvalue weighted by atomic mass is 9.95. The summed E-state index contributed by atoms with van der Waals surface area (Å²) < 4.78 is 5.17. The number of benzene rings is 2. The van der Waals surface area contributed by atoms with Crippen molar-refractivity contribution >= 4 is 40.0 Å². The van der Waals surface area contributed by atoms with Crippen molar-refractivity contribution in [3.63, 3.8) is 0 Å². The van der Waals surface area contributed by atoms with Crippen molar-refractivity contribution < 1.29 is 19.4 Å². The fraction of sp³-hybridized carbons (Fsp3) is 0.250. The third-order valence-electron chi connectivity index (χ3n) is 5.63. The Hall–Kier alpha value is -3.25. The number of aromatic nitrogens is 1. The SMILES string of the molecule is CCCCN1C(=O)C(=O)/C(=C(/O)c2ccc(OC)c(Cl)c2)C1c1c[nH]c2ccccc12. The summed E-state index contributed by atoms with van der Waals surface area (Å²) in [6.45, 7) is 2.45. The van der Waals surface area contributed by atoms with Crippen molar-refractivity contribution in [2.45, 2.75) is 25.8 Å². The van der Waals surface area contributed by atoms with Crippen molar-refractivity contribution in [2.24, 2.45) is 0 Å². The van der Waals surface area contributed by atoms with Gasteiger partial charge in [0.05, 0.1) is 23.7 Å². The first-order chi connectivity index (χ1) is 15.0. The van der Waals surface area contributed by atoms with Crippen LogP contribution in [0.15, 0.2) is 54.2 Å². The molecule has 1 unspecified atom stereocenters. The van der Waals surface area contributed by atoms with Crippen LogP contribution in [-0.4, -0.2) is 40.3 Å². The van der Waals surface area contributed by atoms with Gasteiger partial charge in [0.15, 0.2) is 0 Å². The first kappa shape index (κ1) is 21.0. The van der Waals surface area contributed by atoms with Crippen LogP contribution in [0.4, 0.5) is 0 Å². The summed E-state index contributed by atoms with van der Waals surface area (Å²) in [6.07, 6.45) is 3.42. The summed E-state index contributed by atoms with van der Waals surface area (Å²) in [5.74, 6) is -1.10. The number of likely N-dealkylation sites (tertiary alicyclic amines) is 1. The third-order valence-corrected chi connectivity index (χ3v) is 5.93. The summed E-state index contributed by atoms with van der Waals surface area (Å²) in [5, 5.41) is 12.4. The summed E-state index contributed by atoms with van der Waals surface area (Å²) in [6, 6.07) is 11.8. The Labute approximate surface area is 185 Å². The van der Waals surface area contributed by atoms with E-state index in [0.717, 1.165) is 29.3 Å². The van der Waals surface area contributed by atoms with Gasteiger partial charge in [-0.2, -0.15) is 0 Å². The normalized spacial score (nSPS) is 18.2. The minimum Gasteiger partial charge on any atom is -0.507 e. The van der Waals surface area contributed by atoms with E-state index in [2.05, 4.69) is 4.98 Å². The first-order valence-corrected chi connectivity index (χ1v) is 10.5. The Balaban J connectivity index is 1.91. The van der Waals surface area contributed by atoms with Crippen LogP contribution >= 0.6 is 11.6 Å². The number of H-pyrrole nitrogens is 1. The van der Waals surface area contributed by atoms with Crippen molar-refractivity contribution in [2.75, 3.05) is 13.7 Å². The Morgan fingerprint density at radius 1 is 1.23 bits per heavy atom. The number of ether oxygens (including phenoxy) is 1. The predicted molar refractivity (Wildman–Crippen MR) is 120 cm³/mol. The van der Waals surface area contributed by atoms with Gasteiger partial charge in [-0.25, -0.2) is 0 Å². The van der Waals surface area contributed by atoms with E-state index in [0.29, 0.717) is 22.9 Å². The minimum absolute atomic E-state index is 0.0621. The molecule has 6 nitrogen and oxygen atoms in total. The number of aromatic amines is 1. The van der Waals surface area contributed by atoms with Gasteiger partial charge in [0.2, 0.25) is 0 Å². The highest BCUT2D eigenvalue weighted by Gasteiger charge is 2.46. The lowest BCUT2D eigenvalue weighted by Gasteiger charge is -2.24. The number of fused-ring (bicyclic) bond motifs is 1. The Morgan fingerprint density at radius 3 is 2.71 bits per heavy atom. The molecule has 0 aliphatic carbocycles. The second-order valence-corrected chi connectivity index (χ2v) is 7.89. The Morgan fingerprint density at radius 2 is 2.00 bits per heavy atom. The zero-order valence-corrected chi connectivity index (χ0v) is 18.1. The standard InChI is InChI=1S/C24H23ClN2O4/c1-3-4-11-27-21(16-13-26-18-8-6-5-7-15(16)18)20(23(29)24(27)30)22(28)14-9-10-19(31-2)17(25)12-14/h5-10,12-13,21,26,28H,3-4,11H2,1-2H3/b22-20+. The van der Waals surface area contributed by atoms with Gasteiger partial charge in [-0.05, 0) is 30.7 Å². The molecule has 1 aliphatic rings. The molecule has 0 spiro atoms. The number of carbonyl (C=O) groups is 2. The number of nitrogens with zero attached hydrogens (tertiary/aromatic N) is 1. The molecule has 1 aromatic heterocycles. The lowest BCUT2D eigenvalue weighted by molar-refractivity contribution is -0.139. The highest BCUT2D eigenvalue weighted by Crippen LogP contribution is 2.42. The topological polar surface area (TPSA) is 82.6 Å². The van der Waals surface area contributed by atoms with Gasteiger partial charge in [-0.1, -0.05) is 43.1 Å². The average Bonchev–Trinajstić information content (AvgIpc) is 3.30. The molecule has 7 heteroatoms. The van der Waals surface area contributed by atoms with Gasteiger partial charge in [0.25, 0.3) is 11.7 Å². The van der Waals surface area contributed by atoms with Crippen molar-refractivity contribution in [3.05, 3.63) is 70.4 Å². The number of nitrogens with one attached hydrogen (secondary N) is 1. The summed E-state index contributed by atoms with van der Waals surface area (Å²) in [5.41, 5.74) is 2.08. The first-order valence-electron chi connectivity index (χ1n) is 10.2. The molecule has 1 amide bonds. The van der Waals surface area contributed by atoms with Crippen LogP contribution in [0.1, 0.15) is 36.9 Å². The molecule has 31 heavy (non-hydrogen) atoms. The molecule has 2 heterocycles. The van der Waals surface area contributed by atoms with E-state index in [1.54, 1.807) is 23.2 Å². The number of para-hydroxylation sites is 1. The number of hydrogen-bond acceptors (Lipinski definition) is 4. The number of aliphatic hydroxyl groups is 1. The number of ketones is 1. The van der Waals surface area contributed by atoms with Crippen molar-refractivity contribution in [1.29, 1.82) is 0 Å². The number of Topliss-reactive ketones (excluding diaryl/α,β-unsaturated/α-hetero) is 1. The molecule has 0 radical (unpaired) electrons. The molecule has 1 atom stereocenters. The van der Waals surface area contributed by atoms with Crippen LogP contribution in [0.3, 0.4) is 0 Å². The van der Waals surface area contributed by atoms with Crippen LogP contribution in [-0.2, 0) is 9.59 Å². The van der Waals surface area contributed by atoms with E-state index >= 15 is 0 Å². The largest absolute Gasteiger partial charge is 0.507 e. The molecule has 1 fully saturated rings. The quantitative estimate of drug-likeness (QED) is 0.320. The number of unbranched alkanes of at least 4 members (excludes halogenated alkanes) is 1. The smallest absolute Gasteiger partial charge is 0.295 e. The van der Waals surface area contributed by atoms with E-state index in [1.165, 1.54) is 13.2 Å². The van der Waals surface area contributed by atoms with Crippen LogP contribution in [0.25, 0.3) is 16.7 Å². The molecule has 2 N–H and O–H groups in total. The van der Waals surface area contributed by atoms with Gasteiger partial charge >= 0.3 is 0 Å².